The minimum absolute atomic E-state index is 0.0441. The molecule has 2 heterocycles. The molecule has 4 aromatic rings. The molecule has 32 heavy (non-hydrogen) atoms. The Kier molecular flexibility index (Phi) is 5.34. The molecule has 0 saturated heterocycles. The fourth-order valence-electron chi connectivity index (χ4n) is 2.98. The second kappa shape index (κ2) is 8.13. The Labute approximate surface area is 178 Å². The average molecular weight is 444 g/mol. The van der Waals surface area contributed by atoms with Crippen molar-refractivity contribution in [1.29, 1.82) is 0 Å². The van der Waals surface area contributed by atoms with Gasteiger partial charge in [0.15, 0.2) is 11.2 Å². The highest BCUT2D eigenvalue weighted by atomic mass is 19.4. The highest BCUT2D eigenvalue weighted by molar-refractivity contribution is 5.90. The van der Waals surface area contributed by atoms with E-state index in [1.165, 1.54) is 23.9 Å². The number of benzene rings is 2. The molecule has 2 aromatic carbocycles. The summed E-state index contributed by atoms with van der Waals surface area (Å²) in [5.74, 6) is -0.0598. The van der Waals surface area contributed by atoms with Gasteiger partial charge in [-0.05, 0) is 42.5 Å². The summed E-state index contributed by atoms with van der Waals surface area (Å²) < 4.78 is 46.0. The molecule has 0 aliphatic heterocycles. The van der Waals surface area contributed by atoms with Gasteiger partial charge in [-0.15, -0.1) is 5.10 Å². The fraction of sp³-hybridized carbons (Fsp3) is 0.150. The van der Waals surface area contributed by atoms with Crippen LogP contribution in [-0.2, 0) is 17.5 Å². The van der Waals surface area contributed by atoms with Crippen LogP contribution in [0.5, 0.6) is 5.75 Å². The monoisotopic (exact) mass is 444 g/mol. The number of fused-ring (bicyclic) bond motifs is 1. The van der Waals surface area contributed by atoms with Crippen LogP contribution in [0.1, 0.15) is 5.56 Å². The molecule has 0 fully saturated rings. The van der Waals surface area contributed by atoms with Crippen LogP contribution in [0.25, 0.3) is 16.9 Å². The largest absolute Gasteiger partial charge is 0.497 e. The van der Waals surface area contributed by atoms with Crippen LogP contribution in [-0.4, -0.2) is 37.6 Å². The minimum Gasteiger partial charge on any atom is -0.497 e. The van der Waals surface area contributed by atoms with Gasteiger partial charge in [0.1, 0.15) is 18.6 Å². The zero-order chi connectivity index (χ0) is 22.9. The number of carbonyl (C=O) groups is 1. The third-order valence-corrected chi connectivity index (χ3v) is 4.53. The smallest absolute Gasteiger partial charge is 0.416 e. The third kappa shape index (κ3) is 4.15. The van der Waals surface area contributed by atoms with Crippen molar-refractivity contribution in [3.8, 4) is 11.4 Å². The van der Waals surface area contributed by atoms with Gasteiger partial charge in [-0.3, -0.25) is 14.2 Å². The maximum atomic E-state index is 12.8. The lowest BCUT2D eigenvalue weighted by atomic mass is 10.2. The first-order chi connectivity index (χ1) is 15.3. The maximum Gasteiger partial charge on any atom is 0.416 e. The predicted octanol–water partition coefficient (Wildman–Crippen LogP) is 2.64. The molecular weight excluding hydrogens is 429 g/mol. The van der Waals surface area contributed by atoms with Crippen LogP contribution in [0.4, 0.5) is 18.9 Å². The summed E-state index contributed by atoms with van der Waals surface area (Å²) >= 11 is 0. The molecule has 164 valence electrons. The van der Waals surface area contributed by atoms with E-state index in [9.17, 15) is 22.8 Å². The van der Waals surface area contributed by atoms with Gasteiger partial charge in [0, 0.05) is 5.69 Å². The molecule has 1 N–H and O–H groups in total. The summed E-state index contributed by atoms with van der Waals surface area (Å²) in [6.45, 7) is -0.465. The van der Waals surface area contributed by atoms with E-state index in [4.69, 9.17) is 4.74 Å². The average Bonchev–Trinajstić information content (AvgIpc) is 3.20. The Morgan fingerprint density at radius 3 is 2.59 bits per heavy atom. The van der Waals surface area contributed by atoms with Crippen molar-refractivity contribution in [2.24, 2.45) is 0 Å². The van der Waals surface area contributed by atoms with E-state index in [1.807, 2.05) is 0 Å². The minimum atomic E-state index is -4.54. The molecule has 0 aliphatic carbocycles. The molecule has 4 rings (SSSR count). The summed E-state index contributed by atoms with van der Waals surface area (Å²) in [7, 11) is 1.53. The van der Waals surface area contributed by atoms with Crippen LogP contribution < -0.4 is 15.6 Å². The van der Waals surface area contributed by atoms with Crippen molar-refractivity contribution < 1.29 is 22.7 Å². The van der Waals surface area contributed by atoms with Gasteiger partial charge in [-0.25, -0.2) is 4.98 Å². The highest BCUT2D eigenvalue weighted by Crippen LogP contribution is 2.30. The molecule has 9 nitrogen and oxygen atoms in total. The number of ether oxygens (including phenoxy) is 1. The second-order valence-electron chi connectivity index (χ2n) is 6.68. The van der Waals surface area contributed by atoms with Gasteiger partial charge in [0.25, 0.3) is 5.56 Å². The van der Waals surface area contributed by atoms with Gasteiger partial charge in [-0.1, -0.05) is 11.3 Å². The number of hydrogen-bond donors (Lipinski definition) is 1. The quantitative estimate of drug-likeness (QED) is 0.508. The van der Waals surface area contributed by atoms with Crippen LogP contribution >= 0.6 is 0 Å². The Hall–Kier alpha value is -4.22. The van der Waals surface area contributed by atoms with Crippen LogP contribution in [0.3, 0.4) is 0 Å². The first kappa shape index (κ1) is 21.0. The fourth-order valence-corrected chi connectivity index (χ4v) is 2.98. The molecule has 0 bridgehead atoms. The Balaban J connectivity index is 1.56. The number of alkyl halides is 3. The Bertz CT molecular complexity index is 1350. The standard InChI is InChI=1S/C20H15F3N6O3/c1-32-15-7-5-14(6-8-15)29-18-17(26-27-29)19(31)28(11-24-18)10-16(30)25-13-4-2-3-12(9-13)20(21,22)23/h2-9,11H,10H2,1H3,(H,25,30). The number of methoxy groups -OCH3 is 1. The summed E-state index contributed by atoms with van der Waals surface area (Å²) in [5, 5.41) is 10.1. The van der Waals surface area contributed by atoms with Crippen molar-refractivity contribution in [2.45, 2.75) is 12.7 Å². The molecule has 0 unspecified atom stereocenters. The number of anilines is 1. The van der Waals surface area contributed by atoms with Crippen LogP contribution in [0, 0.1) is 0 Å². The van der Waals surface area contributed by atoms with Gasteiger partial charge in [0.2, 0.25) is 5.91 Å². The number of rotatable bonds is 5. The number of nitrogens with zero attached hydrogens (tertiary/aromatic N) is 5. The number of amides is 1. The van der Waals surface area contributed by atoms with Gasteiger partial charge in [-0.2, -0.15) is 17.9 Å². The summed E-state index contributed by atoms with van der Waals surface area (Å²) in [6, 6.07) is 11.0. The van der Waals surface area contributed by atoms with E-state index in [1.54, 1.807) is 24.3 Å². The van der Waals surface area contributed by atoms with Crippen molar-refractivity contribution in [3.05, 3.63) is 70.8 Å². The van der Waals surface area contributed by atoms with Crippen LogP contribution in [0.2, 0.25) is 0 Å². The lowest BCUT2D eigenvalue weighted by Gasteiger charge is -2.10. The Morgan fingerprint density at radius 1 is 1.16 bits per heavy atom. The number of nitrogens with one attached hydrogen (secondary N) is 1. The predicted molar refractivity (Wildman–Crippen MR) is 108 cm³/mol. The molecule has 2 aromatic heterocycles. The Morgan fingerprint density at radius 2 is 1.91 bits per heavy atom. The molecule has 0 radical (unpaired) electrons. The van der Waals surface area contributed by atoms with Gasteiger partial charge < -0.3 is 10.1 Å². The van der Waals surface area contributed by atoms with E-state index in [0.717, 1.165) is 23.0 Å². The SMILES string of the molecule is COc1ccc(-n2nnc3c(=O)n(CC(=O)Nc4cccc(C(F)(F)F)c4)cnc32)cc1. The number of aromatic nitrogens is 5. The highest BCUT2D eigenvalue weighted by Gasteiger charge is 2.30. The van der Waals surface area contributed by atoms with Crippen molar-refractivity contribution in [3.63, 3.8) is 0 Å². The second-order valence-corrected chi connectivity index (χ2v) is 6.68. The van der Waals surface area contributed by atoms with Gasteiger partial charge >= 0.3 is 6.18 Å². The topological polar surface area (TPSA) is 104 Å². The van der Waals surface area contributed by atoms with E-state index in [2.05, 4.69) is 20.6 Å². The van der Waals surface area contributed by atoms with Gasteiger partial charge in [0.05, 0.1) is 18.4 Å². The number of halogens is 3. The maximum absolute atomic E-state index is 12.8. The number of carbonyl (C=O) groups excluding carboxylic acids is 1. The lowest BCUT2D eigenvalue weighted by Crippen LogP contribution is -2.28. The molecule has 0 saturated carbocycles. The van der Waals surface area contributed by atoms with Crippen molar-refractivity contribution >= 4 is 22.8 Å². The van der Waals surface area contributed by atoms with Crippen molar-refractivity contribution in [1.82, 2.24) is 24.5 Å². The van der Waals surface area contributed by atoms with E-state index < -0.39 is 29.8 Å². The molecular formula is C20H15F3N6O3. The zero-order valence-corrected chi connectivity index (χ0v) is 16.5. The zero-order valence-electron chi connectivity index (χ0n) is 16.5. The first-order valence-electron chi connectivity index (χ1n) is 9.18. The summed E-state index contributed by atoms with van der Waals surface area (Å²) in [5.41, 5.74) is -0.831. The molecule has 12 heteroatoms. The molecule has 0 atom stereocenters. The number of hydrogen-bond acceptors (Lipinski definition) is 6. The molecule has 0 aliphatic rings. The molecule has 1 amide bonds. The van der Waals surface area contributed by atoms with E-state index in [-0.39, 0.29) is 16.9 Å². The van der Waals surface area contributed by atoms with E-state index >= 15 is 0 Å². The van der Waals surface area contributed by atoms with Crippen LogP contribution in [0.15, 0.2) is 59.7 Å². The normalized spacial score (nSPS) is 11.5. The summed E-state index contributed by atoms with van der Waals surface area (Å²) in [4.78, 5) is 29.2. The molecule has 0 spiro atoms. The van der Waals surface area contributed by atoms with Crippen molar-refractivity contribution in [2.75, 3.05) is 12.4 Å². The first-order valence-corrected chi connectivity index (χ1v) is 9.18. The third-order valence-electron chi connectivity index (χ3n) is 4.53. The summed E-state index contributed by atoms with van der Waals surface area (Å²) in [6.07, 6.45) is -3.39. The lowest BCUT2D eigenvalue weighted by molar-refractivity contribution is -0.137. The van der Waals surface area contributed by atoms with E-state index in [0.29, 0.717) is 11.4 Å².